The number of halogens is 4. The highest BCUT2D eigenvalue weighted by molar-refractivity contribution is 6.31. The summed E-state index contributed by atoms with van der Waals surface area (Å²) in [6, 6.07) is 12.3. The van der Waals surface area contributed by atoms with Gasteiger partial charge in [-0.3, -0.25) is 0 Å². The second kappa shape index (κ2) is 9.63. The van der Waals surface area contributed by atoms with Crippen LogP contribution in [0.5, 0.6) is 11.6 Å². The Hall–Kier alpha value is -4.12. The van der Waals surface area contributed by atoms with E-state index in [-0.39, 0.29) is 5.69 Å². The van der Waals surface area contributed by atoms with Gasteiger partial charge in [0.05, 0.1) is 16.3 Å². The quantitative estimate of drug-likeness (QED) is 0.330. The molecule has 8 nitrogen and oxygen atoms in total. The maximum atomic E-state index is 13.0. The van der Waals surface area contributed by atoms with Gasteiger partial charge in [0.15, 0.2) is 5.82 Å². The average molecular weight is 503 g/mol. The molecule has 0 fully saturated rings. The Balaban J connectivity index is 1.40. The summed E-state index contributed by atoms with van der Waals surface area (Å²) in [6.07, 6.45) is -3.27. The Bertz CT molecular complexity index is 1370. The predicted molar refractivity (Wildman–Crippen MR) is 124 cm³/mol. The van der Waals surface area contributed by atoms with E-state index in [0.29, 0.717) is 23.1 Å². The molecule has 4 rings (SSSR count). The number of rotatable bonds is 5. The maximum Gasteiger partial charge on any atom is 0.417 e. The summed E-state index contributed by atoms with van der Waals surface area (Å²) in [4.78, 5) is 20.5. The molecule has 4 aromatic rings. The van der Waals surface area contributed by atoms with E-state index in [1.165, 1.54) is 12.4 Å². The van der Waals surface area contributed by atoms with Crippen molar-refractivity contribution in [3.63, 3.8) is 0 Å². The molecule has 2 N–H and O–H groups in total. The minimum atomic E-state index is -4.64. The molecule has 0 radical (unpaired) electrons. The van der Waals surface area contributed by atoms with Crippen LogP contribution in [0.1, 0.15) is 17.0 Å². The monoisotopic (exact) mass is 502 g/mol. The van der Waals surface area contributed by atoms with Crippen molar-refractivity contribution in [1.29, 1.82) is 0 Å². The minimum absolute atomic E-state index is 0.0543. The Kier molecular flexibility index (Phi) is 6.61. The van der Waals surface area contributed by atoms with E-state index in [1.807, 2.05) is 19.9 Å². The van der Waals surface area contributed by atoms with E-state index in [4.69, 9.17) is 16.3 Å². The third kappa shape index (κ3) is 5.87. The number of carbonyl (C=O) groups is 1. The molecule has 0 aliphatic carbocycles. The number of hydrogen-bond acceptors (Lipinski definition) is 5. The lowest BCUT2D eigenvalue weighted by atomic mass is 10.2. The highest BCUT2D eigenvalue weighted by Crippen LogP contribution is 2.36. The molecule has 0 aliphatic rings. The lowest BCUT2D eigenvalue weighted by molar-refractivity contribution is -0.137. The van der Waals surface area contributed by atoms with Gasteiger partial charge in [0.25, 0.3) is 0 Å². The van der Waals surface area contributed by atoms with Gasteiger partial charge in [-0.05, 0) is 62.4 Å². The molecule has 0 saturated carbocycles. The molecular formula is C23H18ClF3N6O2. The second-order valence-corrected chi connectivity index (χ2v) is 7.86. The molecule has 2 heterocycles. The van der Waals surface area contributed by atoms with Gasteiger partial charge in [0.1, 0.15) is 12.1 Å². The number of ether oxygens (including phenoxy) is 1. The van der Waals surface area contributed by atoms with Gasteiger partial charge in [-0.15, -0.1) is 0 Å². The first kappa shape index (κ1) is 24.0. The summed E-state index contributed by atoms with van der Waals surface area (Å²) >= 11 is 5.60. The molecule has 0 atom stereocenters. The summed E-state index contributed by atoms with van der Waals surface area (Å²) in [6.45, 7) is 3.79. The van der Waals surface area contributed by atoms with Crippen LogP contribution in [0.2, 0.25) is 5.02 Å². The van der Waals surface area contributed by atoms with E-state index in [0.717, 1.165) is 23.5 Å². The van der Waals surface area contributed by atoms with Crippen molar-refractivity contribution in [3.05, 3.63) is 82.9 Å². The fraction of sp³-hybridized carbons (Fsp3) is 0.130. The molecular weight excluding hydrogens is 485 g/mol. The first-order valence-electron chi connectivity index (χ1n) is 10.2. The molecule has 0 aliphatic heterocycles. The number of aryl methyl sites for hydroxylation is 2. The Labute approximate surface area is 202 Å². The zero-order valence-electron chi connectivity index (χ0n) is 18.4. The Morgan fingerprint density at radius 1 is 0.971 bits per heavy atom. The summed E-state index contributed by atoms with van der Waals surface area (Å²) in [7, 11) is 0. The van der Waals surface area contributed by atoms with E-state index in [9.17, 15) is 18.0 Å². The van der Waals surface area contributed by atoms with Gasteiger partial charge in [0, 0.05) is 23.1 Å². The van der Waals surface area contributed by atoms with E-state index in [1.54, 1.807) is 35.0 Å². The molecule has 2 amide bonds. The Morgan fingerprint density at radius 3 is 2.31 bits per heavy atom. The van der Waals surface area contributed by atoms with Gasteiger partial charge in [0.2, 0.25) is 5.88 Å². The standard InChI is InChI=1S/C23H18ClF3N6O2/c1-13-9-14(2)33(32-13)20-11-21(29-12-28-20)35-17-6-3-15(4-7-17)30-22(34)31-16-5-8-19(24)18(10-16)23(25,26)27/h3-12H,1-2H3,(H2,30,31,34). The number of benzene rings is 2. The van der Waals surface area contributed by atoms with Crippen molar-refractivity contribution in [2.45, 2.75) is 20.0 Å². The fourth-order valence-electron chi connectivity index (χ4n) is 3.20. The molecule has 0 saturated heterocycles. The first-order chi connectivity index (χ1) is 16.6. The smallest absolute Gasteiger partial charge is 0.417 e. The number of alkyl halides is 3. The molecule has 180 valence electrons. The van der Waals surface area contributed by atoms with Crippen LogP contribution in [0, 0.1) is 13.8 Å². The van der Waals surface area contributed by atoms with E-state index >= 15 is 0 Å². The molecule has 0 spiro atoms. The molecule has 0 unspecified atom stereocenters. The van der Waals surface area contributed by atoms with Crippen LogP contribution in [-0.2, 0) is 6.18 Å². The van der Waals surface area contributed by atoms with Crippen LogP contribution in [0.3, 0.4) is 0 Å². The van der Waals surface area contributed by atoms with Crippen LogP contribution in [0.4, 0.5) is 29.3 Å². The topological polar surface area (TPSA) is 94.0 Å². The lowest BCUT2D eigenvalue weighted by Crippen LogP contribution is -2.19. The van der Waals surface area contributed by atoms with Crippen LogP contribution in [0.15, 0.2) is 60.9 Å². The predicted octanol–water partition coefficient (Wildman–Crippen LogP) is 6.39. The first-order valence-corrected chi connectivity index (χ1v) is 10.5. The van der Waals surface area contributed by atoms with Crippen LogP contribution in [-0.4, -0.2) is 25.8 Å². The van der Waals surface area contributed by atoms with Gasteiger partial charge in [-0.1, -0.05) is 11.6 Å². The van der Waals surface area contributed by atoms with Crippen LogP contribution >= 0.6 is 11.6 Å². The van der Waals surface area contributed by atoms with Crippen molar-refractivity contribution < 1.29 is 22.7 Å². The zero-order chi connectivity index (χ0) is 25.2. The van der Waals surface area contributed by atoms with Gasteiger partial charge < -0.3 is 15.4 Å². The van der Waals surface area contributed by atoms with Gasteiger partial charge in [-0.2, -0.15) is 18.3 Å². The lowest BCUT2D eigenvalue weighted by Gasteiger charge is -2.12. The second-order valence-electron chi connectivity index (χ2n) is 7.45. The number of aromatic nitrogens is 4. The molecule has 2 aromatic carbocycles. The summed E-state index contributed by atoms with van der Waals surface area (Å²) in [5.74, 6) is 1.29. The van der Waals surface area contributed by atoms with Crippen LogP contribution in [0.25, 0.3) is 5.82 Å². The highest BCUT2D eigenvalue weighted by Gasteiger charge is 2.33. The summed E-state index contributed by atoms with van der Waals surface area (Å²) < 4.78 is 46.4. The largest absolute Gasteiger partial charge is 0.439 e. The van der Waals surface area contributed by atoms with Crippen molar-refractivity contribution >= 4 is 29.0 Å². The number of nitrogens with zero attached hydrogens (tertiary/aromatic N) is 4. The summed E-state index contributed by atoms with van der Waals surface area (Å²) in [5, 5.41) is 8.81. The van der Waals surface area contributed by atoms with E-state index in [2.05, 4.69) is 25.7 Å². The minimum Gasteiger partial charge on any atom is -0.439 e. The molecule has 0 bridgehead atoms. The van der Waals surface area contributed by atoms with Crippen molar-refractivity contribution in [1.82, 2.24) is 19.7 Å². The van der Waals surface area contributed by atoms with Crippen molar-refractivity contribution in [2.75, 3.05) is 10.6 Å². The highest BCUT2D eigenvalue weighted by atomic mass is 35.5. The average Bonchev–Trinajstić information content (AvgIpc) is 3.14. The SMILES string of the molecule is Cc1cc(C)n(-c2cc(Oc3ccc(NC(=O)Nc4ccc(Cl)c(C(F)(F)F)c4)cc3)ncn2)n1. The third-order valence-electron chi connectivity index (χ3n) is 4.72. The third-order valence-corrected chi connectivity index (χ3v) is 5.05. The Morgan fingerprint density at radius 2 is 1.66 bits per heavy atom. The molecule has 35 heavy (non-hydrogen) atoms. The van der Waals surface area contributed by atoms with Gasteiger partial charge >= 0.3 is 12.2 Å². The summed E-state index contributed by atoms with van der Waals surface area (Å²) in [5.41, 5.74) is 1.07. The number of nitrogens with one attached hydrogen (secondary N) is 2. The zero-order valence-corrected chi connectivity index (χ0v) is 19.1. The number of urea groups is 1. The molecule has 2 aromatic heterocycles. The van der Waals surface area contributed by atoms with Crippen LogP contribution < -0.4 is 15.4 Å². The number of amides is 2. The molecule has 12 heteroatoms. The van der Waals surface area contributed by atoms with Crippen molar-refractivity contribution in [2.24, 2.45) is 0 Å². The fourth-order valence-corrected chi connectivity index (χ4v) is 3.43. The van der Waals surface area contributed by atoms with Crippen molar-refractivity contribution in [3.8, 4) is 17.4 Å². The number of carbonyl (C=O) groups excluding carboxylic acids is 1. The van der Waals surface area contributed by atoms with E-state index < -0.39 is 22.8 Å². The number of anilines is 2. The number of hydrogen-bond donors (Lipinski definition) is 2. The normalized spacial score (nSPS) is 11.3. The van der Waals surface area contributed by atoms with Gasteiger partial charge in [-0.25, -0.2) is 19.4 Å². The maximum absolute atomic E-state index is 13.0.